The minimum Gasteiger partial charge on any atom is -0.450 e. The second-order valence-corrected chi connectivity index (χ2v) is 2.76. The van der Waals surface area contributed by atoms with E-state index in [1.54, 1.807) is 0 Å². The van der Waals surface area contributed by atoms with Crippen LogP contribution in [0.3, 0.4) is 0 Å². The maximum absolute atomic E-state index is 10.1. The summed E-state index contributed by atoms with van der Waals surface area (Å²) in [4.78, 5) is 10.1. The maximum Gasteiger partial charge on any atom is 0.505 e. The number of ether oxygens (including phenoxy) is 1. The molecule has 0 atom stereocenters. The van der Waals surface area contributed by atoms with E-state index in [0.29, 0.717) is 0 Å². The van der Waals surface area contributed by atoms with Crippen LogP contribution in [0.4, 0.5) is 4.79 Å². The van der Waals surface area contributed by atoms with Crippen LogP contribution in [0.15, 0.2) is 25.3 Å². The number of aliphatic hydroxyl groups is 1. The van der Waals surface area contributed by atoms with Gasteiger partial charge in [0.05, 0.1) is 0 Å². The van der Waals surface area contributed by atoms with Crippen LogP contribution in [0.25, 0.3) is 0 Å². The molecule has 0 saturated heterocycles. The molecule has 0 fully saturated rings. The molecule has 13 heavy (non-hydrogen) atoms. The molecule has 0 saturated carbocycles. The van der Waals surface area contributed by atoms with E-state index in [4.69, 9.17) is 5.11 Å². The Morgan fingerprint density at radius 2 is 1.85 bits per heavy atom. The van der Waals surface area contributed by atoms with Crippen LogP contribution in [0, 0.1) is 0 Å². The predicted octanol–water partition coefficient (Wildman–Crippen LogP) is 1.56. The summed E-state index contributed by atoms with van der Waals surface area (Å²) in [5.74, 6) is 0. The minimum atomic E-state index is -1.40. The third kappa shape index (κ3) is 5.03. The molecule has 0 amide bonds. The summed E-state index contributed by atoms with van der Waals surface area (Å²) in [6, 6.07) is 0. The molecule has 0 spiro atoms. The quantitative estimate of drug-likeness (QED) is 0.488. The Hall–Kier alpha value is -1.29. The lowest BCUT2D eigenvalue weighted by Gasteiger charge is -2.23. The van der Waals surface area contributed by atoms with E-state index in [2.05, 4.69) is 17.9 Å². The van der Waals surface area contributed by atoms with E-state index in [1.165, 1.54) is 12.2 Å². The highest BCUT2D eigenvalue weighted by atomic mass is 16.7. The molecule has 0 heterocycles. The lowest BCUT2D eigenvalue weighted by atomic mass is 9.97. The van der Waals surface area contributed by atoms with Crippen molar-refractivity contribution in [2.24, 2.45) is 0 Å². The van der Waals surface area contributed by atoms with Gasteiger partial charge in [-0.3, -0.25) is 0 Å². The monoisotopic (exact) mass is 186 g/mol. The molecule has 0 radical (unpaired) electrons. The largest absolute Gasteiger partial charge is 0.505 e. The van der Waals surface area contributed by atoms with Crippen molar-refractivity contribution in [2.45, 2.75) is 18.4 Å². The number of hydrogen-bond donors (Lipinski definition) is 2. The number of rotatable bonds is 6. The van der Waals surface area contributed by atoms with Crippen LogP contribution < -0.4 is 0 Å². The molecule has 0 aromatic rings. The molecule has 0 aliphatic carbocycles. The van der Waals surface area contributed by atoms with Crippen LogP contribution in [-0.2, 0) is 4.74 Å². The second-order valence-electron chi connectivity index (χ2n) is 2.76. The van der Waals surface area contributed by atoms with Gasteiger partial charge in [-0.05, 0) is 12.8 Å². The fourth-order valence-electron chi connectivity index (χ4n) is 0.935. The van der Waals surface area contributed by atoms with Gasteiger partial charge in [0, 0.05) is 0 Å². The van der Waals surface area contributed by atoms with E-state index in [0.717, 1.165) is 0 Å². The van der Waals surface area contributed by atoms with Crippen LogP contribution in [-0.4, -0.2) is 28.6 Å². The van der Waals surface area contributed by atoms with Crippen molar-refractivity contribution in [3.05, 3.63) is 25.3 Å². The van der Waals surface area contributed by atoms with Crippen molar-refractivity contribution in [1.29, 1.82) is 0 Å². The molecule has 4 heteroatoms. The SMILES string of the molecule is C=CCC(O)(CC=C)COC(=O)O. The molecule has 0 aromatic heterocycles. The van der Waals surface area contributed by atoms with E-state index in [9.17, 15) is 9.90 Å². The number of hydrogen-bond acceptors (Lipinski definition) is 3. The Bertz CT molecular complexity index is 188. The van der Waals surface area contributed by atoms with Gasteiger partial charge >= 0.3 is 6.16 Å². The topological polar surface area (TPSA) is 66.8 Å². The summed E-state index contributed by atoms with van der Waals surface area (Å²) in [6.45, 7) is 6.65. The third-order valence-corrected chi connectivity index (χ3v) is 1.51. The lowest BCUT2D eigenvalue weighted by Crippen LogP contribution is -2.34. The zero-order valence-electron chi connectivity index (χ0n) is 7.40. The molecule has 0 aliphatic rings. The Labute approximate surface area is 77.1 Å². The maximum atomic E-state index is 10.1. The molecule has 4 nitrogen and oxygen atoms in total. The highest BCUT2D eigenvalue weighted by Crippen LogP contribution is 2.16. The predicted molar refractivity (Wildman–Crippen MR) is 48.6 cm³/mol. The summed E-state index contributed by atoms with van der Waals surface area (Å²) in [7, 11) is 0. The second kappa shape index (κ2) is 5.37. The Morgan fingerprint density at radius 1 is 1.38 bits per heavy atom. The van der Waals surface area contributed by atoms with Crippen molar-refractivity contribution >= 4 is 6.16 Å². The summed E-state index contributed by atoms with van der Waals surface area (Å²) < 4.78 is 4.28. The van der Waals surface area contributed by atoms with E-state index >= 15 is 0 Å². The van der Waals surface area contributed by atoms with Crippen LogP contribution in [0.5, 0.6) is 0 Å². The highest BCUT2D eigenvalue weighted by Gasteiger charge is 2.25. The first-order valence-corrected chi connectivity index (χ1v) is 3.84. The molecular formula is C9H14O4. The third-order valence-electron chi connectivity index (χ3n) is 1.51. The van der Waals surface area contributed by atoms with Crippen molar-refractivity contribution in [3.63, 3.8) is 0 Å². The van der Waals surface area contributed by atoms with E-state index in [-0.39, 0.29) is 19.4 Å². The lowest BCUT2D eigenvalue weighted by molar-refractivity contribution is -0.0295. The van der Waals surface area contributed by atoms with Gasteiger partial charge in [-0.15, -0.1) is 13.2 Å². The summed E-state index contributed by atoms with van der Waals surface area (Å²) in [5.41, 5.74) is -1.21. The minimum absolute atomic E-state index is 0.264. The smallest absolute Gasteiger partial charge is 0.450 e. The van der Waals surface area contributed by atoms with E-state index in [1.807, 2.05) is 0 Å². The van der Waals surface area contributed by atoms with Crippen molar-refractivity contribution < 1.29 is 19.7 Å². The fraction of sp³-hybridized carbons (Fsp3) is 0.444. The summed E-state index contributed by atoms with van der Waals surface area (Å²) in [6.07, 6.45) is 2.16. The average molecular weight is 186 g/mol. The van der Waals surface area contributed by atoms with Crippen molar-refractivity contribution in [1.82, 2.24) is 0 Å². The normalized spacial score (nSPS) is 10.5. The fourth-order valence-corrected chi connectivity index (χ4v) is 0.935. The molecular weight excluding hydrogens is 172 g/mol. The van der Waals surface area contributed by atoms with Crippen LogP contribution in [0.2, 0.25) is 0 Å². The molecule has 0 aliphatic heterocycles. The van der Waals surface area contributed by atoms with Gasteiger partial charge in [0.2, 0.25) is 0 Å². The van der Waals surface area contributed by atoms with Gasteiger partial charge in [0.25, 0.3) is 0 Å². The van der Waals surface area contributed by atoms with Crippen LogP contribution in [0.1, 0.15) is 12.8 Å². The first-order chi connectivity index (χ1) is 6.04. The number of carboxylic acid groups (broad SMARTS) is 1. The van der Waals surface area contributed by atoms with Gasteiger partial charge in [-0.2, -0.15) is 0 Å². The van der Waals surface area contributed by atoms with Crippen molar-refractivity contribution in [3.8, 4) is 0 Å². The van der Waals surface area contributed by atoms with Crippen LogP contribution >= 0.6 is 0 Å². The molecule has 74 valence electrons. The molecule has 0 aromatic carbocycles. The highest BCUT2D eigenvalue weighted by molar-refractivity contribution is 5.56. The zero-order valence-corrected chi connectivity index (χ0v) is 7.40. The summed E-state index contributed by atoms with van der Waals surface area (Å²) in [5, 5.41) is 18.0. The molecule has 2 N–H and O–H groups in total. The Morgan fingerprint density at radius 3 is 2.15 bits per heavy atom. The number of carbonyl (C=O) groups is 1. The summed E-state index contributed by atoms with van der Waals surface area (Å²) >= 11 is 0. The molecule has 0 unspecified atom stereocenters. The van der Waals surface area contributed by atoms with Gasteiger partial charge < -0.3 is 14.9 Å². The first-order valence-electron chi connectivity index (χ1n) is 3.84. The van der Waals surface area contributed by atoms with E-state index < -0.39 is 11.8 Å². The Kier molecular flexibility index (Phi) is 4.84. The Balaban J connectivity index is 4.12. The molecule has 0 rings (SSSR count). The van der Waals surface area contributed by atoms with Gasteiger partial charge in [0.15, 0.2) is 0 Å². The van der Waals surface area contributed by atoms with Gasteiger partial charge in [-0.1, -0.05) is 12.2 Å². The zero-order chi connectivity index (χ0) is 10.3. The average Bonchev–Trinajstić information content (AvgIpc) is 2.02. The van der Waals surface area contributed by atoms with Gasteiger partial charge in [0.1, 0.15) is 12.2 Å². The van der Waals surface area contributed by atoms with Gasteiger partial charge in [-0.25, -0.2) is 4.79 Å². The van der Waals surface area contributed by atoms with Crippen molar-refractivity contribution in [2.75, 3.05) is 6.61 Å². The standard InChI is InChI=1S/C9H14O4/c1-3-5-9(12,6-4-2)7-13-8(10)11/h3-4,12H,1-2,5-7H2,(H,10,11). The molecule has 0 bridgehead atoms. The first kappa shape index (κ1) is 11.7.